The zero-order valence-corrected chi connectivity index (χ0v) is 11.2. The molecule has 98 valence electrons. The standard InChI is InChI=1S/C12H22N2O3/c1-11(2)8(9(15)13-14(4)5)6-7-12(11,3)10(16)17/h8H,6-7H2,1-5H3,(H,13,15)(H,16,17)/p-1/t8-,12+/m0/s1. The second-order valence-corrected chi connectivity index (χ2v) is 5.80. The van der Waals surface area contributed by atoms with Crippen molar-refractivity contribution in [1.82, 2.24) is 10.4 Å². The van der Waals surface area contributed by atoms with Crippen LogP contribution in [-0.2, 0) is 9.59 Å². The van der Waals surface area contributed by atoms with Crippen LogP contribution >= 0.6 is 0 Å². The second-order valence-electron chi connectivity index (χ2n) is 5.80. The van der Waals surface area contributed by atoms with Gasteiger partial charge in [0.25, 0.3) is 0 Å². The number of nitrogens with zero attached hydrogens (tertiary/aromatic N) is 1. The summed E-state index contributed by atoms with van der Waals surface area (Å²) in [5.41, 5.74) is 1.15. The highest BCUT2D eigenvalue weighted by atomic mass is 16.4. The Morgan fingerprint density at radius 1 is 1.29 bits per heavy atom. The predicted molar refractivity (Wildman–Crippen MR) is 61.4 cm³/mol. The summed E-state index contributed by atoms with van der Waals surface area (Å²) in [6.07, 6.45) is 1.06. The van der Waals surface area contributed by atoms with E-state index >= 15 is 0 Å². The van der Waals surface area contributed by atoms with Crippen LogP contribution in [0.1, 0.15) is 33.6 Å². The van der Waals surface area contributed by atoms with E-state index in [0.717, 1.165) is 0 Å². The van der Waals surface area contributed by atoms with E-state index in [1.807, 2.05) is 13.8 Å². The molecule has 5 nitrogen and oxygen atoms in total. The van der Waals surface area contributed by atoms with Gasteiger partial charge in [-0.15, -0.1) is 0 Å². The van der Waals surface area contributed by atoms with E-state index in [2.05, 4.69) is 5.43 Å². The molecule has 0 aromatic heterocycles. The van der Waals surface area contributed by atoms with Gasteiger partial charge in [0.2, 0.25) is 5.91 Å². The van der Waals surface area contributed by atoms with Crippen molar-refractivity contribution in [3.05, 3.63) is 0 Å². The van der Waals surface area contributed by atoms with Crippen molar-refractivity contribution < 1.29 is 14.7 Å². The Balaban J connectivity index is 2.93. The van der Waals surface area contributed by atoms with Crippen molar-refractivity contribution in [3.63, 3.8) is 0 Å². The first-order valence-electron chi connectivity index (χ1n) is 5.82. The molecule has 0 saturated heterocycles. The number of carbonyl (C=O) groups is 2. The van der Waals surface area contributed by atoms with Crippen LogP contribution in [0, 0.1) is 16.7 Å². The lowest BCUT2D eigenvalue weighted by molar-refractivity contribution is -0.323. The van der Waals surface area contributed by atoms with Gasteiger partial charge in [-0.05, 0) is 18.3 Å². The molecule has 1 aliphatic rings. The highest BCUT2D eigenvalue weighted by molar-refractivity contribution is 5.82. The fraction of sp³-hybridized carbons (Fsp3) is 0.833. The van der Waals surface area contributed by atoms with E-state index in [-0.39, 0.29) is 11.8 Å². The lowest BCUT2D eigenvalue weighted by Gasteiger charge is -2.42. The van der Waals surface area contributed by atoms with Crippen LogP contribution in [0.3, 0.4) is 0 Å². The van der Waals surface area contributed by atoms with E-state index in [9.17, 15) is 14.7 Å². The van der Waals surface area contributed by atoms with Crippen LogP contribution in [-0.4, -0.2) is 31.0 Å². The van der Waals surface area contributed by atoms with Crippen LogP contribution in [0.2, 0.25) is 0 Å². The minimum atomic E-state index is -1.07. The highest BCUT2D eigenvalue weighted by Crippen LogP contribution is 2.55. The Kier molecular flexibility index (Phi) is 3.52. The first-order chi connectivity index (χ1) is 7.63. The van der Waals surface area contributed by atoms with E-state index < -0.39 is 16.8 Å². The Hall–Kier alpha value is -1.10. The molecular weight excluding hydrogens is 220 g/mol. The van der Waals surface area contributed by atoms with Crippen molar-refractivity contribution in [1.29, 1.82) is 0 Å². The second kappa shape index (κ2) is 4.29. The zero-order valence-electron chi connectivity index (χ0n) is 11.2. The molecule has 2 atom stereocenters. The molecule has 0 aromatic carbocycles. The molecule has 1 aliphatic carbocycles. The third kappa shape index (κ3) is 2.16. The number of rotatable bonds is 3. The molecule has 1 fully saturated rings. The van der Waals surface area contributed by atoms with E-state index in [1.54, 1.807) is 26.0 Å². The van der Waals surface area contributed by atoms with Crippen molar-refractivity contribution >= 4 is 11.9 Å². The quantitative estimate of drug-likeness (QED) is 0.693. The van der Waals surface area contributed by atoms with Gasteiger partial charge in [-0.1, -0.05) is 20.8 Å². The Morgan fingerprint density at radius 2 is 1.82 bits per heavy atom. The van der Waals surface area contributed by atoms with Crippen LogP contribution in [0.15, 0.2) is 0 Å². The number of carbonyl (C=O) groups excluding carboxylic acids is 2. The van der Waals surface area contributed by atoms with Gasteiger partial charge >= 0.3 is 0 Å². The highest BCUT2D eigenvalue weighted by Gasteiger charge is 2.54. The lowest BCUT2D eigenvalue weighted by Crippen LogP contribution is -2.51. The van der Waals surface area contributed by atoms with E-state index in [1.165, 1.54) is 0 Å². The number of hydrogen-bond donors (Lipinski definition) is 1. The lowest BCUT2D eigenvalue weighted by atomic mass is 9.65. The average molecular weight is 241 g/mol. The monoisotopic (exact) mass is 241 g/mol. The molecule has 0 aromatic rings. The van der Waals surface area contributed by atoms with E-state index in [4.69, 9.17) is 0 Å². The number of carboxylic acid groups (broad SMARTS) is 1. The molecule has 0 radical (unpaired) electrons. The van der Waals surface area contributed by atoms with Gasteiger partial charge in [0.1, 0.15) is 0 Å². The van der Waals surface area contributed by atoms with Crippen molar-refractivity contribution in [3.8, 4) is 0 Å². The summed E-state index contributed by atoms with van der Waals surface area (Å²) in [4.78, 5) is 23.3. The van der Waals surface area contributed by atoms with Gasteiger partial charge < -0.3 is 9.90 Å². The van der Waals surface area contributed by atoms with Crippen molar-refractivity contribution in [2.75, 3.05) is 14.1 Å². The summed E-state index contributed by atoms with van der Waals surface area (Å²) in [6.45, 7) is 5.33. The molecule has 1 N–H and O–H groups in total. The van der Waals surface area contributed by atoms with Crippen molar-refractivity contribution in [2.45, 2.75) is 33.6 Å². The molecule has 0 aliphatic heterocycles. The summed E-state index contributed by atoms with van der Waals surface area (Å²) in [7, 11) is 3.47. The maximum atomic E-state index is 12.0. The van der Waals surface area contributed by atoms with Gasteiger partial charge in [0, 0.05) is 31.4 Å². The molecule has 1 rings (SSSR count). The third-order valence-electron chi connectivity index (χ3n) is 4.33. The maximum absolute atomic E-state index is 12.0. The molecule has 0 bridgehead atoms. The third-order valence-corrected chi connectivity index (χ3v) is 4.33. The molecule has 1 amide bonds. The maximum Gasteiger partial charge on any atom is 0.237 e. The SMILES string of the molecule is CN(C)NC(=O)[C@@H]1CC[C@](C)(C(=O)[O-])C1(C)C. The normalized spacial score (nSPS) is 31.5. The number of hydrazine groups is 1. The van der Waals surface area contributed by atoms with Crippen LogP contribution in [0.25, 0.3) is 0 Å². The summed E-state index contributed by atoms with van der Waals surface area (Å²) in [6, 6.07) is 0. The molecule has 0 heterocycles. The van der Waals surface area contributed by atoms with Crippen molar-refractivity contribution in [2.24, 2.45) is 16.7 Å². The van der Waals surface area contributed by atoms with Crippen LogP contribution in [0.5, 0.6) is 0 Å². The molecule has 1 saturated carbocycles. The zero-order chi connectivity index (χ0) is 13.4. The number of aliphatic carboxylic acids is 1. The van der Waals surface area contributed by atoms with Gasteiger partial charge in [-0.2, -0.15) is 0 Å². The van der Waals surface area contributed by atoms with Gasteiger partial charge in [-0.25, -0.2) is 5.01 Å². The topological polar surface area (TPSA) is 72.5 Å². The number of nitrogens with one attached hydrogen (secondary N) is 1. The molecule has 5 heteroatoms. The molecular formula is C12H21N2O3-. The van der Waals surface area contributed by atoms with Crippen LogP contribution < -0.4 is 10.5 Å². The summed E-state index contributed by atoms with van der Waals surface area (Å²) >= 11 is 0. The molecule has 17 heavy (non-hydrogen) atoms. The fourth-order valence-corrected chi connectivity index (χ4v) is 2.62. The Labute approximate surface area is 102 Å². The summed E-state index contributed by atoms with van der Waals surface area (Å²) in [5, 5.41) is 12.9. The minimum absolute atomic E-state index is 0.120. The minimum Gasteiger partial charge on any atom is -0.550 e. The van der Waals surface area contributed by atoms with Gasteiger partial charge in [0.05, 0.1) is 0 Å². The summed E-state index contributed by atoms with van der Waals surface area (Å²) < 4.78 is 0. The number of amides is 1. The predicted octanol–water partition coefficient (Wildman–Crippen LogP) is -0.228. The average Bonchev–Trinajstić information content (AvgIpc) is 2.38. The van der Waals surface area contributed by atoms with E-state index in [0.29, 0.717) is 12.8 Å². The fourth-order valence-electron chi connectivity index (χ4n) is 2.62. The Bertz CT molecular complexity index is 339. The first-order valence-corrected chi connectivity index (χ1v) is 5.82. The van der Waals surface area contributed by atoms with Gasteiger partial charge in [-0.3, -0.25) is 10.2 Å². The summed E-state index contributed by atoms with van der Waals surface area (Å²) in [5.74, 6) is -1.49. The smallest absolute Gasteiger partial charge is 0.237 e. The molecule has 0 unspecified atom stereocenters. The first kappa shape index (κ1) is 14.0. The number of hydrogen-bond acceptors (Lipinski definition) is 4. The van der Waals surface area contributed by atoms with Crippen LogP contribution in [0.4, 0.5) is 0 Å². The largest absolute Gasteiger partial charge is 0.550 e. The molecule has 0 spiro atoms. The number of carboxylic acids is 1. The Morgan fingerprint density at radius 3 is 2.18 bits per heavy atom. The van der Waals surface area contributed by atoms with Gasteiger partial charge in [0.15, 0.2) is 0 Å².